The maximum absolute atomic E-state index is 14.4. The summed E-state index contributed by atoms with van der Waals surface area (Å²) in [4.78, 5) is 29.9. The van der Waals surface area contributed by atoms with Crippen molar-refractivity contribution >= 4 is 17.5 Å². The predicted octanol–water partition coefficient (Wildman–Crippen LogP) is 3.89. The van der Waals surface area contributed by atoms with Gasteiger partial charge in [0.05, 0.1) is 31.4 Å². The summed E-state index contributed by atoms with van der Waals surface area (Å²) >= 11 is 0. The van der Waals surface area contributed by atoms with Crippen molar-refractivity contribution in [2.45, 2.75) is 19.3 Å². The molecular formula is C26H27FN4O4. The van der Waals surface area contributed by atoms with Crippen LogP contribution in [0, 0.1) is 11.2 Å². The highest BCUT2D eigenvalue weighted by Crippen LogP contribution is 2.44. The topological polar surface area (TPSA) is 87.8 Å². The fourth-order valence-corrected chi connectivity index (χ4v) is 5.12. The van der Waals surface area contributed by atoms with Crippen molar-refractivity contribution < 1.29 is 23.5 Å². The highest BCUT2D eigenvalue weighted by molar-refractivity contribution is 6.01. The Bertz CT molecular complexity index is 1250. The number of aromatic amines is 1. The van der Waals surface area contributed by atoms with Crippen LogP contribution < -0.4 is 14.4 Å². The van der Waals surface area contributed by atoms with Crippen molar-refractivity contribution in [2.24, 2.45) is 5.41 Å². The molecule has 1 N–H and O–H groups in total. The summed E-state index contributed by atoms with van der Waals surface area (Å²) in [6.45, 7) is 1.42. The number of likely N-dealkylation sites (tertiary alicyclic amines) is 1. The van der Waals surface area contributed by atoms with E-state index in [-0.39, 0.29) is 17.4 Å². The number of H-pyrrole nitrogens is 1. The van der Waals surface area contributed by atoms with Crippen molar-refractivity contribution in [3.8, 4) is 22.6 Å². The molecule has 3 aromatic rings. The number of aromatic nitrogens is 2. The predicted molar refractivity (Wildman–Crippen MR) is 128 cm³/mol. The Morgan fingerprint density at radius 3 is 2.49 bits per heavy atom. The third kappa shape index (κ3) is 4.00. The first-order valence-electron chi connectivity index (χ1n) is 11.6. The number of carbonyl (C=O) groups is 2. The van der Waals surface area contributed by atoms with E-state index in [1.165, 1.54) is 19.2 Å². The molecular weight excluding hydrogens is 451 g/mol. The summed E-state index contributed by atoms with van der Waals surface area (Å²) < 4.78 is 25.0. The maximum Gasteiger partial charge on any atom is 0.256 e. The van der Waals surface area contributed by atoms with E-state index in [0.29, 0.717) is 44.0 Å². The minimum Gasteiger partial charge on any atom is -0.497 e. The molecule has 35 heavy (non-hydrogen) atoms. The molecule has 9 heteroatoms. The molecule has 2 saturated heterocycles. The number of carbonyl (C=O) groups excluding carboxylic acids is 2. The lowest BCUT2D eigenvalue weighted by atomic mass is 9.77. The van der Waals surface area contributed by atoms with Gasteiger partial charge in [-0.1, -0.05) is 0 Å². The summed E-state index contributed by atoms with van der Waals surface area (Å²) in [5.74, 6) is 0.132. The van der Waals surface area contributed by atoms with E-state index in [0.717, 1.165) is 23.2 Å². The molecule has 0 radical (unpaired) electrons. The minimum atomic E-state index is -0.606. The highest BCUT2D eigenvalue weighted by atomic mass is 19.1. The van der Waals surface area contributed by atoms with Crippen LogP contribution in [-0.2, 0) is 4.79 Å². The SMILES string of the molecule is COc1ccc(C(=O)N2CCC3(CC2)CCN(c2ccc(-c4cn[nH]c4)c(OC)c2)C3=O)c(F)c1. The van der Waals surface area contributed by atoms with Crippen LogP contribution in [0.25, 0.3) is 11.1 Å². The summed E-state index contributed by atoms with van der Waals surface area (Å²) in [7, 11) is 3.06. The van der Waals surface area contributed by atoms with Crippen LogP contribution in [0.1, 0.15) is 29.6 Å². The Balaban J connectivity index is 1.29. The number of benzene rings is 2. The Kier molecular flexibility index (Phi) is 5.92. The van der Waals surface area contributed by atoms with Gasteiger partial charge in [-0.25, -0.2) is 4.39 Å². The fraction of sp³-hybridized carbons (Fsp3) is 0.346. The van der Waals surface area contributed by atoms with E-state index in [9.17, 15) is 14.0 Å². The van der Waals surface area contributed by atoms with Gasteiger partial charge < -0.3 is 19.3 Å². The molecule has 1 spiro atoms. The van der Waals surface area contributed by atoms with Gasteiger partial charge in [-0.15, -0.1) is 0 Å². The quantitative estimate of drug-likeness (QED) is 0.601. The molecule has 2 aromatic carbocycles. The lowest BCUT2D eigenvalue weighted by molar-refractivity contribution is -0.127. The van der Waals surface area contributed by atoms with Crippen LogP contribution in [0.5, 0.6) is 11.5 Å². The molecule has 0 aliphatic carbocycles. The Morgan fingerprint density at radius 1 is 1.06 bits per heavy atom. The molecule has 0 unspecified atom stereocenters. The van der Waals surface area contributed by atoms with E-state index in [4.69, 9.17) is 9.47 Å². The van der Waals surface area contributed by atoms with Crippen LogP contribution in [0.2, 0.25) is 0 Å². The monoisotopic (exact) mass is 478 g/mol. The molecule has 2 amide bonds. The molecule has 2 fully saturated rings. The van der Waals surface area contributed by atoms with Crippen molar-refractivity contribution in [1.82, 2.24) is 15.1 Å². The van der Waals surface area contributed by atoms with Gasteiger partial charge in [-0.05, 0) is 43.5 Å². The minimum absolute atomic E-state index is 0.0194. The largest absolute Gasteiger partial charge is 0.497 e. The first-order chi connectivity index (χ1) is 17.0. The maximum atomic E-state index is 14.4. The van der Waals surface area contributed by atoms with Gasteiger partial charge in [-0.2, -0.15) is 5.10 Å². The lowest BCUT2D eigenvalue weighted by Crippen LogP contribution is -2.46. The van der Waals surface area contributed by atoms with E-state index in [1.54, 1.807) is 30.5 Å². The van der Waals surface area contributed by atoms with Crippen LogP contribution in [0.15, 0.2) is 48.8 Å². The van der Waals surface area contributed by atoms with Gasteiger partial charge in [0.2, 0.25) is 5.91 Å². The number of amides is 2. The van der Waals surface area contributed by atoms with Crippen molar-refractivity contribution in [3.63, 3.8) is 0 Å². The molecule has 0 bridgehead atoms. The zero-order valence-electron chi connectivity index (χ0n) is 19.7. The van der Waals surface area contributed by atoms with Crippen molar-refractivity contribution in [1.29, 1.82) is 0 Å². The smallest absolute Gasteiger partial charge is 0.256 e. The average Bonchev–Trinajstić information content (AvgIpc) is 3.53. The van der Waals surface area contributed by atoms with E-state index >= 15 is 0 Å². The molecule has 0 saturated carbocycles. The second kappa shape index (κ2) is 9.05. The third-order valence-electron chi connectivity index (χ3n) is 7.23. The molecule has 3 heterocycles. The molecule has 2 aliphatic rings. The zero-order chi connectivity index (χ0) is 24.6. The zero-order valence-corrected chi connectivity index (χ0v) is 19.7. The number of piperidine rings is 1. The number of ether oxygens (including phenoxy) is 2. The third-order valence-corrected chi connectivity index (χ3v) is 7.23. The van der Waals surface area contributed by atoms with Gasteiger partial charge in [0.15, 0.2) is 0 Å². The normalized spacial score (nSPS) is 17.2. The fourth-order valence-electron chi connectivity index (χ4n) is 5.12. The van der Waals surface area contributed by atoms with E-state index < -0.39 is 11.2 Å². The second-order valence-electron chi connectivity index (χ2n) is 9.00. The number of anilines is 1. The highest BCUT2D eigenvalue weighted by Gasteiger charge is 2.49. The van der Waals surface area contributed by atoms with Crippen molar-refractivity contribution in [2.75, 3.05) is 38.8 Å². The number of halogens is 1. The van der Waals surface area contributed by atoms with Gasteiger partial charge in [-0.3, -0.25) is 14.7 Å². The lowest BCUT2D eigenvalue weighted by Gasteiger charge is -2.38. The first kappa shape index (κ1) is 22.9. The number of nitrogens with one attached hydrogen (secondary N) is 1. The van der Waals surface area contributed by atoms with Crippen LogP contribution in [0.3, 0.4) is 0 Å². The Hall–Kier alpha value is -3.88. The van der Waals surface area contributed by atoms with Gasteiger partial charge in [0.25, 0.3) is 5.91 Å². The molecule has 2 aliphatic heterocycles. The average molecular weight is 479 g/mol. The van der Waals surface area contributed by atoms with Gasteiger partial charge >= 0.3 is 0 Å². The van der Waals surface area contributed by atoms with Crippen molar-refractivity contribution in [3.05, 3.63) is 60.2 Å². The number of hydrogen-bond donors (Lipinski definition) is 1. The van der Waals surface area contributed by atoms with Gasteiger partial charge in [0.1, 0.15) is 17.3 Å². The van der Waals surface area contributed by atoms with E-state index in [2.05, 4.69) is 10.2 Å². The Labute approximate surface area is 202 Å². The summed E-state index contributed by atoms with van der Waals surface area (Å²) in [6, 6.07) is 9.97. The number of nitrogens with zero attached hydrogens (tertiary/aromatic N) is 3. The molecule has 182 valence electrons. The summed E-state index contributed by atoms with van der Waals surface area (Å²) in [5.41, 5.74) is 2.10. The second-order valence-corrected chi connectivity index (χ2v) is 9.00. The summed E-state index contributed by atoms with van der Waals surface area (Å²) in [6.07, 6.45) is 5.34. The van der Waals surface area contributed by atoms with E-state index in [1.807, 2.05) is 23.1 Å². The molecule has 1 aromatic heterocycles. The van der Waals surface area contributed by atoms with Crippen LogP contribution in [-0.4, -0.2) is 60.8 Å². The number of methoxy groups -OCH3 is 2. The molecule has 5 rings (SSSR count). The molecule has 0 atom stereocenters. The summed E-state index contributed by atoms with van der Waals surface area (Å²) in [5, 5.41) is 6.79. The van der Waals surface area contributed by atoms with Crippen LogP contribution in [0.4, 0.5) is 10.1 Å². The number of hydrogen-bond acceptors (Lipinski definition) is 5. The Morgan fingerprint density at radius 2 is 1.83 bits per heavy atom. The van der Waals surface area contributed by atoms with Gasteiger partial charge in [0, 0.05) is 54.8 Å². The van der Waals surface area contributed by atoms with Crippen LogP contribution >= 0.6 is 0 Å². The first-order valence-corrected chi connectivity index (χ1v) is 11.6. The number of rotatable bonds is 5. The molecule has 8 nitrogen and oxygen atoms in total. The standard InChI is InChI=1S/C26H27FN4O4/c1-34-19-4-6-21(22(27)14-19)24(32)30-10-7-26(8-11-30)9-12-31(25(26)33)18-3-5-20(23(13-18)35-2)17-15-28-29-16-17/h3-6,13-16H,7-12H2,1-2H3,(H,28,29).